The van der Waals surface area contributed by atoms with E-state index in [1.165, 1.54) is 0 Å². The van der Waals surface area contributed by atoms with Gasteiger partial charge in [-0.1, -0.05) is 0 Å². The maximum Gasteiger partial charge on any atom is 0.338 e. The lowest BCUT2D eigenvalue weighted by atomic mass is 9.43. The van der Waals surface area contributed by atoms with Crippen LogP contribution in [0.1, 0.15) is 15.9 Å². The first-order valence-corrected chi connectivity index (χ1v) is 7.70. The molecule has 0 amide bonds. The van der Waals surface area contributed by atoms with E-state index in [1.54, 1.807) is 6.07 Å². The highest BCUT2D eigenvalue weighted by atomic mass is 79.9. The monoisotopic (exact) mass is 348 g/mol. The zero-order valence-electron chi connectivity index (χ0n) is 11.4. The van der Waals surface area contributed by atoms with Crippen LogP contribution in [0, 0.1) is 11.2 Å². The van der Waals surface area contributed by atoms with Gasteiger partial charge in [-0.2, -0.15) is 0 Å². The summed E-state index contributed by atoms with van der Waals surface area (Å²) in [7, 11) is 0. The molecule has 0 bridgehead atoms. The largest absolute Gasteiger partial charge is 0.457 e. The van der Waals surface area contributed by atoms with E-state index in [9.17, 15) is 9.90 Å². The van der Waals surface area contributed by atoms with Crippen LogP contribution < -0.4 is 4.90 Å². The molecule has 0 radical (unpaired) electrons. The summed E-state index contributed by atoms with van der Waals surface area (Å²) in [4.78, 5) is 13.7. The first kappa shape index (κ1) is 14.4. The Hall–Kier alpha value is -1.52. The van der Waals surface area contributed by atoms with Crippen LogP contribution in [0.5, 0.6) is 0 Å². The van der Waals surface area contributed by atoms with Crippen LogP contribution in [0.4, 0.5) is 5.69 Å². The second-order valence-corrected chi connectivity index (χ2v) is 6.27. The number of cyclic esters (lactones) is 1. The topological polar surface area (TPSA) is 73.6 Å². The van der Waals surface area contributed by atoms with Crippen molar-refractivity contribution in [3.8, 4) is 5.97 Å². The Kier molecular flexibility index (Phi) is 3.92. The SMILES string of the molecule is N#CB1CCN(c2cc3c(cc2Br)C(=O)OC3)C(CO)C1. The van der Waals surface area contributed by atoms with Gasteiger partial charge in [0.1, 0.15) is 6.61 Å². The molecule has 2 aliphatic rings. The third-order valence-electron chi connectivity index (χ3n) is 4.17. The van der Waals surface area contributed by atoms with Gasteiger partial charge in [0, 0.05) is 28.6 Å². The molecule has 108 valence electrons. The number of nitrogens with zero attached hydrogens (tertiary/aromatic N) is 2. The number of carbonyl (C=O) groups excluding carboxylic acids is 1. The fourth-order valence-electron chi connectivity index (χ4n) is 3.01. The summed E-state index contributed by atoms with van der Waals surface area (Å²) >= 11 is 3.51. The summed E-state index contributed by atoms with van der Waals surface area (Å²) < 4.78 is 5.85. The molecule has 2 aliphatic heterocycles. The predicted molar refractivity (Wildman–Crippen MR) is 82.5 cm³/mol. The zero-order chi connectivity index (χ0) is 15.0. The second kappa shape index (κ2) is 5.70. The van der Waals surface area contributed by atoms with Gasteiger partial charge in [0.2, 0.25) is 0 Å². The molecule has 5 nitrogen and oxygen atoms in total. The molecular weight excluding hydrogens is 335 g/mol. The van der Waals surface area contributed by atoms with E-state index in [2.05, 4.69) is 26.8 Å². The van der Waals surface area contributed by atoms with Crippen molar-refractivity contribution >= 4 is 34.3 Å². The average molecular weight is 349 g/mol. The Morgan fingerprint density at radius 2 is 2.38 bits per heavy atom. The van der Waals surface area contributed by atoms with Crippen molar-refractivity contribution in [1.29, 1.82) is 5.26 Å². The normalized spacial score (nSPS) is 21.0. The van der Waals surface area contributed by atoms with E-state index in [0.29, 0.717) is 18.5 Å². The fraction of sp³-hybridized carbons (Fsp3) is 0.429. The zero-order valence-corrected chi connectivity index (χ0v) is 13.0. The Morgan fingerprint density at radius 3 is 3.10 bits per heavy atom. The first-order chi connectivity index (χ1) is 10.1. The molecule has 1 fully saturated rings. The third kappa shape index (κ3) is 2.54. The molecule has 3 rings (SSSR count). The number of rotatable bonds is 2. The number of fused-ring (bicyclic) bond motifs is 1. The molecule has 1 saturated heterocycles. The molecule has 2 heterocycles. The van der Waals surface area contributed by atoms with Crippen LogP contribution in [0.25, 0.3) is 0 Å². The Balaban J connectivity index is 1.93. The number of ether oxygens (including phenoxy) is 1. The Labute approximate surface area is 131 Å². The molecule has 1 aromatic rings. The molecule has 0 saturated carbocycles. The summed E-state index contributed by atoms with van der Waals surface area (Å²) in [5.41, 5.74) is 2.41. The standard InChI is InChI=1S/C14H14BBrN2O3/c16-12-4-11-9(7-21-14(11)20)3-13(12)18-2-1-15(8-17)5-10(18)6-19/h3-4,10,19H,1-2,5-7H2. The number of aliphatic hydroxyl groups is 1. The van der Waals surface area contributed by atoms with Gasteiger partial charge >= 0.3 is 5.97 Å². The van der Waals surface area contributed by atoms with Crippen LogP contribution in [0.2, 0.25) is 12.6 Å². The lowest BCUT2D eigenvalue weighted by molar-refractivity contribution is 0.0535. The number of esters is 1. The number of halogens is 1. The predicted octanol–water partition coefficient (Wildman–Crippen LogP) is 1.86. The van der Waals surface area contributed by atoms with Crippen molar-refractivity contribution in [3.63, 3.8) is 0 Å². The number of anilines is 1. The van der Waals surface area contributed by atoms with Gasteiger partial charge in [0.25, 0.3) is 6.71 Å². The van der Waals surface area contributed by atoms with Crippen LogP contribution in [-0.4, -0.2) is 37.0 Å². The molecule has 1 atom stereocenters. The summed E-state index contributed by atoms with van der Waals surface area (Å²) in [5.74, 6) is 2.00. The molecular formula is C14H14BBrN2O3. The summed E-state index contributed by atoms with van der Waals surface area (Å²) in [6.45, 7) is 1.02. The van der Waals surface area contributed by atoms with Gasteiger partial charge in [-0.15, -0.1) is 0 Å². The number of benzene rings is 1. The van der Waals surface area contributed by atoms with E-state index in [-0.39, 0.29) is 25.3 Å². The molecule has 7 heteroatoms. The Bertz CT molecular complexity index is 631. The number of hydrogen-bond donors (Lipinski definition) is 1. The highest BCUT2D eigenvalue weighted by Gasteiger charge is 2.33. The van der Waals surface area contributed by atoms with Gasteiger partial charge in [0.05, 0.1) is 17.9 Å². The maximum absolute atomic E-state index is 11.6. The van der Waals surface area contributed by atoms with Crippen LogP contribution in [-0.2, 0) is 11.3 Å². The average Bonchev–Trinajstić information content (AvgIpc) is 2.86. The summed E-state index contributed by atoms with van der Waals surface area (Å²) in [6, 6.07) is 3.65. The quantitative estimate of drug-likeness (QED) is 0.652. The highest BCUT2D eigenvalue weighted by Crippen LogP contribution is 2.36. The highest BCUT2D eigenvalue weighted by molar-refractivity contribution is 9.10. The lowest BCUT2D eigenvalue weighted by Gasteiger charge is -2.38. The summed E-state index contributed by atoms with van der Waals surface area (Å²) in [6.07, 6.45) is 1.44. The van der Waals surface area contributed by atoms with Gasteiger partial charge in [-0.3, -0.25) is 0 Å². The van der Waals surface area contributed by atoms with E-state index in [0.717, 1.165) is 28.6 Å². The number of hydrogen-bond acceptors (Lipinski definition) is 5. The van der Waals surface area contributed by atoms with E-state index < -0.39 is 0 Å². The van der Waals surface area contributed by atoms with E-state index in [1.807, 2.05) is 6.07 Å². The minimum absolute atomic E-state index is 0.00323. The minimum atomic E-state index is -0.292. The van der Waals surface area contributed by atoms with E-state index >= 15 is 0 Å². The van der Waals surface area contributed by atoms with E-state index in [4.69, 9.17) is 10.00 Å². The fourth-order valence-corrected chi connectivity index (χ4v) is 3.59. The van der Waals surface area contributed by atoms with Gasteiger partial charge in [-0.05, 0) is 40.7 Å². The molecule has 0 aromatic heterocycles. The smallest absolute Gasteiger partial charge is 0.338 e. The number of carbonyl (C=O) groups is 1. The molecule has 1 N–H and O–H groups in total. The number of nitriles is 1. The van der Waals surface area contributed by atoms with Crippen molar-refractivity contribution in [2.24, 2.45) is 0 Å². The maximum atomic E-state index is 11.6. The molecule has 1 unspecified atom stereocenters. The molecule has 1 aromatic carbocycles. The second-order valence-electron chi connectivity index (χ2n) is 5.42. The van der Waals surface area contributed by atoms with Crippen LogP contribution in [0.15, 0.2) is 16.6 Å². The Morgan fingerprint density at radius 1 is 1.57 bits per heavy atom. The van der Waals surface area contributed by atoms with Gasteiger partial charge in [0.15, 0.2) is 0 Å². The van der Waals surface area contributed by atoms with Gasteiger partial charge in [-0.25, -0.2) is 10.1 Å². The van der Waals surface area contributed by atoms with Crippen molar-refractivity contribution < 1.29 is 14.6 Å². The molecule has 0 aliphatic carbocycles. The lowest BCUT2D eigenvalue weighted by Crippen LogP contribution is -2.47. The van der Waals surface area contributed by atoms with Crippen LogP contribution >= 0.6 is 15.9 Å². The van der Waals surface area contributed by atoms with Crippen molar-refractivity contribution in [2.75, 3.05) is 18.1 Å². The van der Waals surface area contributed by atoms with Gasteiger partial charge < -0.3 is 14.7 Å². The number of aliphatic hydroxyl groups excluding tert-OH is 1. The van der Waals surface area contributed by atoms with Crippen LogP contribution in [0.3, 0.4) is 0 Å². The van der Waals surface area contributed by atoms with Crippen molar-refractivity contribution in [1.82, 2.24) is 0 Å². The summed E-state index contributed by atoms with van der Waals surface area (Å²) in [5, 5.41) is 18.7. The van der Waals surface area contributed by atoms with Crippen molar-refractivity contribution in [3.05, 3.63) is 27.7 Å². The molecule has 0 spiro atoms. The van der Waals surface area contributed by atoms with Crippen molar-refractivity contribution in [2.45, 2.75) is 25.3 Å². The first-order valence-electron chi connectivity index (χ1n) is 6.90. The minimum Gasteiger partial charge on any atom is -0.457 e. The third-order valence-corrected chi connectivity index (χ3v) is 4.81. The molecule has 21 heavy (non-hydrogen) atoms.